The molecule has 29 heavy (non-hydrogen) atoms. The third-order valence-corrected chi connectivity index (χ3v) is 7.91. The molecule has 6 heterocycles. The Hall–Kier alpha value is -1.93. The van der Waals surface area contributed by atoms with Crippen molar-refractivity contribution in [3.63, 3.8) is 0 Å². The summed E-state index contributed by atoms with van der Waals surface area (Å²) in [6.45, 7) is 5.47. The van der Waals surface area contributed by atoms with E-state index in [4.69, 9.17) is 4.99 Å². The van der Waals surface area contributed by atoms with E-state index in [0.29, 0.717) is 29.5 Å². The lowest BCUT2D eigenvalue weighted by Crippen LogP contribution is -2.57. The van der Waals surface area contributed by atoms with E-state index in [-0.39, 0.29) is 11.9 Å². The van der Waals surface area contributed by atoms with Crippen molar-refractivity contribution in [2.45, 2.75) is 43.7 Å². The SMILES string of the molecule is CN(C)C1CCN(C2=Nc3n[nH]c(C(=O)N[C@@H]4CN5CCC4CC5)c3C3CC23)C1. The maximum absolute atomic E-state index is 13.1. The van der Waals surface area contributed by atoms with Crippen LogP contribution >= 0.6 is 0 Å². The molecule has 7 rings (SSSR count). The number of aromatic nitrogens is 2. The number of likely N-dealkylation sites (tertiary alicyclic amines) is 1. The number of likely N-dealkylation sites (N-methyl/N-ethyl adjacent to an activating group) is 1. The molecule has 1 aromatic heterocycles. The van der Waals surface area contributed by atoms with E-state index in [0.717, 1.165) is 37.4 Å². The molecule has 4 atom stereocenters. The molecule has 4 saturated heterocycles. The Morgan fingerprint density at radius 1 is 1.14 bits per heavy atom. The highest BCUT2D eigenvalue weighted by Crippen LogP contribution is 2.55. The zero-order valence-corrected chi connectivity index (χ0v) is 17.4. The van der Waals surface area contributed by atoms with Gasteiger partial charge in [-0.15, -0.1) is 0 Å². The molecule has 1 amide bonds. The molecule has 8 nitrogen and oxygen atoms in total. The minimum atomic E-state index is 0.00986. The van der Waals surface area contributed by atoms with Gasteiger partial charge in [0.15, 0.2) is 5.82 Å². The first-order chi connectivity index (χ1) is 14.1. The highest BCUT2D eigenvalue weighted by atomic mass is 16.2. The number of aromatic amines is 1. The monoisotopic (exact) mass is 397 g/mol. The Bertz CT molecular complexity index is 853. The van der Waals surface area contributed by atoms with Crippen molar-refractivity contribution >= 4 is 17.6 Å². The Kier molecular flexibility index (Phi) is 4.03. The largest absolute Gasteiger partial charge is 0.358 e. The first-order valence-electron chi connectivity index (χ1n) is 11.2. The second-order valence-electron chi connectivity index (χ2n) is 9.82. The van der Waals surface area contributed by atoms with E-state index in [1.807, 2.05) is 0 Å². The van der Waals surface area contributed by atoms with Crippen LogP contribution in [0.2, 0.25) is 0 Å². The molecule has 156 valence electrons. The number of aliphatic imine (C=N–C) groups is 1. The van der Waals surface area contributed by atoms with Crippen LogP contribution in [0.4, 0.5) is 5.82 Å². The molecule has 2 N–H and O–H groups in total. The number of rotatable bonds is 3. The highest BCUT2D eigenvalue weighted by molar-refractivity contribution is 5.99. The molecule has 2 bridgehead atoms. The number of amides is 1. The van der Waals surface area contributed by atoms with Crippen LogP contribution in [0.3, 0.4) is 0 Å². The molecule has 1 saturated carbocycles. The summed E-state index contributed by atoms with van der Waals surface area (Å²) < 4.78 is 0. The highest BCUT2D eigenvalue weighted by Gasteiger charge is 2.51. The summed E-state index contributed by atoms with van der Waals surface area (Å²) in [6.07, 6.45) is 4.68. The van der Waals surface area contributed by atoms with Gasteiger partial charge in [-0.05, 0) is 58.8 Å². The van der Waals surface area contributed by atoms with E-state index >= 15 is 0 Å². The van der Waals surface area contributed by atoms with Gasteiger partial charge >= 0.3 is 0 Å². The molecular weight excluding hydrogens is 366 g/mol. The fourth-order valence-corrected chi connectivity index (χ4v) is 5.99. The van der Waals surface area contributed by atoms with Crippen LogP contribution < -0.4 is 5.32 Å². The molecular formula is C21H31N7O. The summed E-state index contributed by atoms with van der Waals surface area (Å²) in [5.74, 6) is 3.44. The van der Waals surface area contributed by atoms with Gasteiger partial charge in [0.25, 0.3) is 5.91 Å². The maximum atomic E-state index is 13.1. The number of H-pyrrole nitrogens is 1. The van der Waals surface area contributed by atoms with Gasteiger partial charge in [0.1, 0.15) is 11.5 Å². The Morgan fingerprint density at radius 3 is 2.66 bits per heavy atom. The fraction of sp³-hybridized carbons (Fsp3) is 0.762. The Morgan fingerprint density at radius 2 is 1.97 bits per heavy atom. The van der Waals surface area contributed by atoms with Gasteiger partial charge in [-0.1, -0.05) is 0 Å². The normalized spacial score (nSPS) is 37.3. The second kappa shape index (κ2) is 6.54. The lowest BCUT2D eigenvalue weighted by Gasteiger charge is -2.44. The Balaban J connectivity index is 1.21. The van der Waals surface area contributed by atoms with Gasteiger partial charge in [-0.3, -0.25) is 9.89 Å². The third kappa shape index (κ3) is 2.91. The molecule has 1 aliphatic carbocycles. The lowest BCUT2D eigenvalue weighted by atomic mass is 9.84. The minimum absolute atomic E-state index is 0.00986. The average Bonchev–Trinajstić information content (AvgIpc) is 3.17. The fourth-order valence-electron chi connectivity index (χ4n) is 5.99. The first kappa shape index (κ1) is 17.9. The number of carbonyl (C=O) groups is 1. The van der Waals surface area contributed by atoms with E-state index in [1.165, 1.54) is 38.2 Å². The number of hydrogen-bond acceptors (Lipinski definition) is 6. The number of amidine groups is 1. The molecule has 0 spiro atoms. The Labute approximate surface area is 171 Å². The molecule has 1 aromatic rings. The van der Waals surface area contributed by atoms with Gasteiger partial charge in [-0.2, -0.15) is 5.10 Å². The average molecular weight is 398 g/mol. The summed E-state index contributed by atoms with van der Waals surface area (Å²) >= 11 is 0. The summed E-state index contributed by atoms with van der Waals surface area (Å²) in [7, 11) is 4.31. The van der Waals surface area contributed by atoms with E-state index in [1.54, 1.807) is 0 Å². The van der Waals surface area contributed by atoms with E-state index in [2.05, 4.69) is 44.3 Å². The van der Waals surface area contributed by atoms with Crippen LogP contribution in [0.1, 0.15) is 47.7 Å². The number of carbonyl (C=O) groups excluding carboxylic acids is 1. The number of hydrogen-bond donors (Lipinski definition) is 2. The van der Waals surface area contributed by atoms with Gasteiger partial charge < -0.3 is 20.0 Å². The topological polar surface area (TPSA) is 79.9 Å². The smallest absolute Gasteiger partial charge is 0.269 e. The number of piperidine rings is 3. The molecule has 0 aromatic carbocycles. The summed E-state index contributed by atoms with van der Waals surface area (Å²) in [5, 5.41) is 10.8. The second-order valence-corrected chi connectivity index (χ2v) is 9.82. The molecule has 5 fully saturated rings. The predicted octanol–water partition coefficient (Wildman–Crippen LogP) is 1.02. The van der Waals surface area contributed by atoms with Crippen LogP contribution in [0.5, 0.6) is 0 Å². The quantitative estimate of drug-likeness (QED) is 0.796. The zero-order valence-electron chi connectivity index (χ0n) is 17.4. The third-order valence-electron chi connectivity index (χ3n) is 7.91. The summed E-state index contributed by atoms with van der Waals surface area (Å²) in [4.78, 5) is 25.2. The van der Waals surface area contributed by atoms with Crippen molar-refractivity contribution in [2.24, 2.45) is 16.8 Å². The van der Waals surface area contributed by atoms with Gasteiger partial charge in [0, 0.05) is 49.1 Å². The van der Waals surface area contributed by atoms with Crippen molar-refractivity contribution in [3.8, 4) is 0 Å². The minimum Gasteiger partial charge on any atom is -0.358 e. The molecule has 5 aliphatic heterocycles. The van der Waals surface area contributed by atoms with Crippen LogP contribution in [0, 0.1) is 11.8 Å². The van der Waals surface area contributed by atoms with Crippen LogP contribution in [0.25, 0.3) is 0 Å². The van der Waals surface area contributed by atoms with Crippen molar-refractivity contribution in [3.05, 3.63) is 11.3 Å². The van der Waals surface area contributed by atoms with Crippen molar-refractivity contribution in [1.82, 2.24) is 30.2 Å². The van der Waals surface area contributed by atoms with Crippen LogP contribution in [-0.2, 0) is 0 Å². The van der Waals surface area contributed by atoms with Crippen molar-refractivity contribution in [1.29, 1.82) is 0 Å². The van der Waals surface area contributed by atoms with Crippen molar-refractivity contribution in [2.75, 3.05) is 46.8 Å². The van der Waals surface area contributed by atoms with E-state index < -0.39 is 0 Å². The lowest BCUT2D eigenvalue weighted by molar-refractivity contribution is 0.0617. The van der Waals surface area contributed by atoms with Crippen LogP contribution in [0.15, 0.2) is 4.99 Å². The van der Waals surface area contributed by atoms with Gasteiger partial charge in [0.2, 0.25) is 0 Å². The molecule has 8 heteroatoms. The predicted molar refractivity (Wildman–Crippen MR) is 111 cm³/mol. The van der Waals surface area contributed by atoms with Gasteiger partial charge in [0.05, 0.1) is 0 Å². The van der Waals surface area contributed by atoms with Crippen LogP contribution in [-0.4, -0.2) is 95.5 Å². The molecule has 0 radical (unpaired) electrons. The first-order valence-corrected chi connectivity index (χ1v) is 11.2. The van der Waals surface area contributed by atoms with E-state index in [9.17, 15) is 4.79 Å². The molecule has 3 unspecified atom stereocenters. The standard InChI is InChI=1S/C21H31N7O/c1-26(2)13-5-8-28(10-13)20-15-9-14(15)17-18(24-25-19(17)23-20)21(29)22-16-11-27-6-3-12(16)4-7-27/h12-16H,3-11H2,1-2H3,(H,22,29)(H,24,25)/t13?,14?,15?,16-/m1/s1. The number of nitrogens with zero attached hydrogens (tertiary/aromatic N) is 5. The van der Waals surface area contributed by atoms with Crippen molar-refractivity contribution < 1.29 is 4.79 Å². The number of nitrogens with one attached hydrogen (secondary N) is 2. The summed E-state index contributed by atoms with van der Waals surface area (Å²) in [6, 6.07) is 0.868. The summed E-state index contributed by atoms with van der Waals surface area (Å²) in [5.41, 5.74) is 1.71. The molecule has 6 aliphatic rings. The zero-order chi connectivity index (χ0) is 19.7. The number of fused-ring (bicyclic) bond motifs is 6. The maximum Gasteiger partial charge on any atom is 0.269 e. The van der Waals surface area contributed by atoms with Gasteiger partial charge in [-0.25, -0.2) is 4.99 Å².